The van der Waals surface area contributed by atoms with E-state index < -0.39 is 11.6 Å². The fraction of sp³-hybridized carbons (Fsp3) is 0.136. The Morgan fingerprint density at radius 1 is 0.846 bits per heavy atom. The third-order valence-electron chi connectivity index (χ3n) is 4.51. The van der Waals surface area contributed by atoms with Gasteiger partial charge in [-0.3, -0.25) is 0 Å². The van der Waals surface area contributed by atoms with E-state index in [1.807, 2.05) is 47.0 Å². The molecule has 0 aliphatic rings. The molecule has 1 aromatic heterocycles. The van der Waals surface area contributed by atoms with Crippen LogP contribution in [0.2, 0.25) is 0 Å². The van der Waals surface area contributed by atoms with Crippen molar-refractivity contribution in [3.8, 4) is 11.4 Å². The Morgan fingerprint density at radius 2 is 1.62 bits per heavy atom. The summed E-state index contributed by atoms with van der Waals surface area (Å²) in [7, 11) is 0. The van der Waals surface area contributed by atoms with Gasteiger partial charge in [0.05, 0.1) is 16.6 Å². The molecular weight excluding hydrogens is 330 g/mol. The first-order valence-electron chi connectivity index (χ1n) is 8.67. The molecule has 0 spiro atoms. The van der Waals surface area contributed by atoms with Crippen LogP contribution >= 0.6 is 0 Å². The monoisotopic (exact) mass is 348 g/mol. The Kier molecular flexibility index (Phi) is 4.48. The summed E-state index contributed by atoms with van der Waals surface area (Å²) in [6.07, 6.45) is 1.80. The summed E-state index contributed by atoms with van der Waals surface area (Å²) in [4.78, 5) is 4.57. The van der Waals surface area contributed by atoms with E-state index in [9.17, 15) is 8.78 Å². The molecule has 3 aromatic carbocycles. The second kappa shape index (κ2) is 7.08. The fourth-order valence-electron chi connectivity index (χ4n) is 3.26. The Labute approximate surface area is 150 Å². The van der Waals surface area contributed by atoms with Crippen LogP contribution in [0.4, 0.5) is 8.78 Å². The van der Waals surface area contributed by atoms with E-state index in [0.717, 1.165) is 36.0 Å². The average molecular weight is 348 g/mol. The van der Waals surface area contributed by atoms with Crippen LogP contribution in [0.1, 0.15) is 12.0 Å². The van der Waals surface area contributed by atoms with Gasteiger partial charge in [-0.1, -0.05) is 42.5 Å². The zero-order chi connectivity index (χ0) is 17.9. The topological polar surface area (TPSA) is 17.8 Å². The summed E-state index contributed by atoms with van der Waals surface area (Å²) in [5.74, 6) is -0.466. The lowest BCUT2D eigenvalue weighted by Crippen LogP contribution is -2.03. The van der Waals surface area contributed by atoms with Crippen molar-refractivity contribution in [1.29, 1.82) is 0 Å². The molecule has 0 amide bonds. The molecule has 0 aliphatic heterocycles. The van der Waals surface area contributed by atoms with Crippen LogP contribution in [-0.4, -0.2) is 9.55 Å². The minimum atomic E-state index is -0.468. The number of nitrogens with zero attached hydrogens (tertiary/aromatic N) is 2. The second-order valence-electron chi connectivity index (χ2n) is 6.29. The fourth-order valence-corrected chi connectivity index (χ4v) is 3.26. The van der Waals surface area contributed by atoms with Gasteiger partial charge in [-0.25, -0.2) is 13.8 Å². The molecular formula is C22H18F2N2. The van der Waals surface area contributed by atoms with Gasteiger partial charge in [-0.05, 0) is 48.7 Å². The smallest absolute Gasteiger partial charge is 0.144 e. The Morgan fingerprint density at radius 3 is 2.46 bits per heavy atom. The normalized spacial score (nSPS) is 11.2. The molecule has 0 N–H and O–H groups in total. The standard InChI is InChI=1S/C22H18F2N2/c23-17-12-13-19(24)18(15-17)22-25-20-10-4-5-11-21(20)26(22)14-6-9-16-7-2-1-3-8-16/h1-5,7-8,10-13,15H,6,9,14H2. The summed E-state index contributed by atoms with van der Waals surface area (Å²) in [6, 6.07) is 21.4. The molecule has 0 unspecified atom stereocenters. The van der Waals surface area contributed by atoms with Crippen molar-refractivity contribution in [2.24, 2.45) is 0 Å². The first-order valence-corrected chi connectivity index (χ1v) is 8.67. The minimum absolute atomic E-state index is 0.195. The van der Waals surface area contributed by atoms with Gasteiger partial charge in [0.25, 0.3) is 0 Å². The lowest BCUT2D eigenvalue weighted by molar-refractivity contribution is 0.598. The lowest BCUT2D eigenvalue weighted by atomic mass is 10.1. The number of benzene rings is 3. The molecule has 0 saturated heterocycles. The molecule has 0 radical (unpaired) electrons. The number of fused-ring (bicyclic) bond motifs is 1. The Hall–Kier alpha value is -3.01. The number of aryl methyl sites for hydroxylation is 2. The first kappa shape index (κ1) is 16.5. The maximum absolute atomic E-state index is 14.3. The van der Waals surface area contributed by atoms with E-state index in [2.05, 4.69) is 17.1 Å². The number of para-hydroxylation sites is 2. The van der Waals surface area contributed by atoms with Gasteiger partial charge in [0.2, 0.25) is 0 Å². The third kappa shape index (κ3) is 3.23. The van der Waals surface area contributed by atoms with Gasteiger partial charge in [0.1, 0.15) is 17.5 Å². The quantitative estimate of drug-likeness (QED) is 0.458. The van der Waals surface area contributed by atoms with Crippen LogP contribution in [-0.2, 0) is 13.0 Å². The van der Waals surface area contributed by atoms with Crippen molar-refractivity contribution in [2.75, 3.05) is 0 Å². The van der Waals surface area contributed by atoms with Crippen molar-refractivity contribution in [2.45, 2.75) is 19.4 Å². The summed E-state index contributed by atoms with van der Waals surface area (Å²) in [5, 5.41) is 0. The first-order chi connectivity index (χ1) is 12.7. The van der Waals surface area contributed by atoms with E-state index in [-0.39, 0.29) is 5.56 Å². The van der Waals surface area contributed by atoms with Gasteiger partial charge in [0, 0.05) is 6.54 Å². The highest BCUT2D eigenvalue weighted by Gasteiger charge is 2.16. The predicted molar refractivity (Wildman–Crippen MR) is 99.8 cm³/mol. The molecule has 0 saturated carbocycles. The maximum Gasteiger partial charge on any atom is 0.144 e. The number of hydrogen-bond donors (Lipinski definition) is 0. The SMILES string of the molecule is Fc1ccc(F)c(-c2nc3ccccc3n2CCCc2ccccc2)c1. The van der Waals surface area contributed by atoms with Crippen molar-refractivity contribution in [3.05, 3.63) is 90.0 Å². The third-order valence-corrected chi connectivity index (χ3v) is 4.51. The van der Waals surface area contributed by atoms with Crippen LogP contribution < -0.4 is 0 Å². The predicted octanol–water partition coefficient (Wildman–Crippen LogP) is 5.61. The molecule has 4 aromatic rings. The average Bonchev–Trinajstić information content (AvgIpc) is 3.03. The zero-order valence-corrected chi connectivity index (χ0v) is 14.2. The Balaban J connectivity index is 1.71. The van der Waals surface area contributed by atoms with E-state index in [1.54, 1.807) is 0 Å². The molecule has 4 rings (SSSR count). The number of halogens is 2. The highest BCUT2D eigenvalue weighted by Crippen LogP contribution is 2.28. The van der Waals surface area contributed by atoms with Crippen LogP contribution in [0.5, 0.6) is 0 Å². The van der Waals surface area contributed by atoms with Crippen LogP contribution in [0.15, 0.2) is 72.8 Å². The van der Waals surface area contributed by atoms with Crippen LogP contribution in [0.25, 0.3) is 22.4 Å². The molecule has 130 valence electrons. The van der Waals surface area contributed by atoms with Crippen molar-refractivity contribution in [3.63, 3.8) is 0 Å². The lowest BCUT2D eigenvalue weighted by Gasteiger charge is -2.10. The Bertz CT molecular complexity index is 1040. The molecule has 2 nitrogen and oxygen atoms in total. The van der Waals surface area contributed by atoms with Crippen molar-refractivity contribution in [1.82, 2.24) is 9.55 Å². The largest absolute Gasteiger partial charge is 0.324 e. The highest BCUT2D eigenvalue weighted by atomic mass is 19.1. The van der Waals surface area contributed by atoms with E-state index in [0.29, 0.717) is 12.4 Å². The highest BCUT2D eigenvalue weighted by molar-refractivity contribution is 5.80. The van der Waals surface area contributed by atoms with Gasteiger partial charge in [-0.15, -0.1) is 0 Å². The molecule has 0 aliphatic carbocycles. The van der Waals surface area contributed by atoms with Crippen molar-refractivity contribution < 1.29 is 8.78 Å². The summed E-state index contributed by atoms with van der Waals surface area (Å²) >= 11 is 0. The van der Waals surface area contributed by atoms with Gasteiger partial charge in [-0.2, -0.15) is 0 Å². The van der Waals surface area contributed by atoms with Crippen LogP contribution in [0.3, 0.4) is 0 Å². The van der Waals surface area contributed by atoms with Crippen LogP contribution in [0, 0.1) is 11.6 Å². The van der Waals surface area contributed by atoms with E-state index >= 15 is 0 Å². The molecule has 0 bridgehead atoms. The summed E-state index contributed by atoms with van der Waals surface area (Å²) in [5.41, 5.74) is 3.17. The summed E-state index contributed by atoms with van der Waals surface area (Å²) < 4.78 is 30.0. The summed E-state index contributed by atoms with van der Waals surface area (Å²) in [6.45, 7) is 0.681. The molecule has 26 heavy (non-hydrogen) atoms. The van der Waals surface area contributed by atoms with Gasteiger partial charge >= 0.3 is 0 Å². The van der Waals surface area contributed by atoms with E-state index in [1.165, 1.54) is 11.6 Å². The van der Waals surface area contributed by atoms with Gasteiger partial charge in [0.15, 0.2) is 0 Å². The number of aromatic nitrogens is 2. The number of rotatable bonds is 5. The number of hydrogen-bond acceptors (Lipinski definition) is 1. The zero-order valence-electron chi connectivity index (χ0n) is 14.2. The molecule has 4 heteroatoms. The van der Waals surface area contributed by atoms with E-state index in [4.69, 9.17) is 0 Å². The molecule has 1 heterocycles. The van der Waals surface area contributed by atoms with Crippen molar-refractivity contribution >= 4 is 11.0 Å². The molecule has 0 atom stereocenters. The minimum Gasteiger partial charge on any atom is -0.324 e. The second-order valence-corrected chi connectivity index (χ2v) is 6.29. The number of imidazole rings is 1. The maximum atomic E-state index is 14.3. The molecule has 0 fully saturated rings. The van der Waals surface area contributed by atoms with Gasteiger partial charge < -0.3 is 4.57 Å².